The highest BCUT2D eigenvalue weighted by atomic mass is 32.2. The van der Waals surface area contributed by atoms with Gasteiger partial charge in [0.05, 0.1) is 12.9 Å². The molecule has 1 aromatic carbocycles. The third-order valence-electron chi connectivity index (χ3n) is 2.88. The summed E-state index contributed by atoms with van der Waals surface area (Å²) in [6, 6.07) is 7.41. The number of benzene rings is 1. The maximum atomic E-state index is 12.0. The monoisotopic (exact) mass is 308 g/mol. The number of hydrogen-bond donors (Lipinski definition) is 0. The molecule has 21 heavy (non-hydrogen) atoms. The van der Waals surface area contributed by atoms with Crippen molar-refractivity contribution >= 4 is 34.7 Å². The lowest BCUT2D eigenvalue weighted by Gasteiger charge is -2.18. The fraction of sp³-hybridized carbons (Fsp3) is 0.357. The van der Waals surface area contributed by atoms with Crippen molar-refractivity contribution < 1.29 is 18.7 Å². The van der Waals surface area contributed by atoms with Gasteiger partial charge in [0.2, 0.25) is 5.91 Å². The van der Waals surface area contributed by atoms with Crippen LogP contribution in [0.1, 0.15) is 6.92 Å². The summed E-state index contributed by atoms with van der Waals surface area (Å²) in [5.74, 6) is -0.426. The summed E-state index contributed by atoms with van der Waals surface area (Å²) >= 11 is 1.21. The number of carbonyl (C=O) groups excluding carboxylic acids is 2. The number of amides is 1. The number of hydrogen-bond acceptors (Lipinski definition) is 6. The largest absolute Gasteiger partial charge is 0.468 e. The predicted molar refractivity (Wildman–Crippen MR) is 79.0 cm³/mol. The molecule has 0 bridgehead atoms. The van der Waals surface area contributed by atoms with Crippen molar-refractivity contribution in [2.45, 2.75) is 12.1 Å². The van der Waals surface area contributed by atoms with Gasteiger partial charge in [-0.15, -0.1) is 0 Å². The number of fused-ring (bicyclic) bond motifs is 1. The Morgan fingerprint density at radius 3 is 2.81 bits per heavy atom. The number of thioether (sulfide) groups is 1. The molecule has 1 aromatic heterocycles. The third kappa shape index (κ3) is 3.98. The molecule has 0 saturated carbocycles. The zero-order valence-corrected chi connectivity index (χ0v) is 12.7. The van der Waals surface area contributed by atoms with Gasteiger partial charge < -0.3 is 14.1 Å². The summed E-state index contributed by atoms with van der Waals surface area (Å²) in [6.45, 7) is 2.22. The minimum absolute atomic E-state index is 0.0417. The first-order chi connectivity index (χ1) is 10.1. The van der Waals surface area contributed by atoms with Crippen molar-refractivity contribution in [3.63, 3.8) is 0 Å². The molecular formula is C14H16N2O4S. The van der Waals surface area contributed by atoms with E-state index in [2.05, 4.69) is 9.72 Å². The summed E-state index contributed by atoms with van der Waals surface area (Å²) in [5.41, 5.74) is 1.45. The van der Waals surface area contributed by atoms with Crippen LogP contribution in [0.25, 0.3) is 11.1 Å². The van der Waals surface area contributed by atoms with Gasteiger partial charge in [0.25, 0.3) is 5.22 Å². The van der Waals surface area contributed by atoms with Crippen LogP contribution in [-0.4, -0.2) is 47.7 Å². The first-order valence-corrected chi connectivity index (χ1v) is 7.45. The molecule has 7 heteroatoms. The molecule has 0 atom stereocenters. The molecule has 0 aliphatic carbocycles. The number of carbonyl (C=O) groups is 2. The van der Waals surface area contributed by atoms with Gasteiger partial charge in [-0.3, -0.25) is 9.59 Å². The molecule has 0 N–H and O–H groups in total. The van der Waals surface area contributed by atoms with Gasteiger partial charge in [0.15, 0.2) is 5.58 Å². The highest BCUT2D eigenvalue weighted by molar-refractivity contribution is 7.99. The average molecular weight is 308 g/mol. The van der Waals surface area contributed by atoms with E-state index in [4.69, 9.17) is 4.42 Å². The molecule has 0 aliphatic rings. The molecule has 1 heterocycles. The van der Waals surface area contributed by atoms with Gasteiger partial charge in [-0.25, -0.2) is 4.98 Å². The van der Waals surface area contributed by atoms with Crippen LogP contribution in [0.5, 0.6) is 0 Å². The van der Waals surface area contributed by atoms with Crippen molar-refractivity contribution in [2.24, 2.45) is 0 Å². The smallest absolute Gasteiger partial charge is 0.325 e. The first kappa shape index (κ1) is 15.4. The van der Waals surface area contributed by atoms with E-state index in [1.807, 2.05) is 31.2 Å². The molecule has 112 valence electrons. The van der Waals surface area contributed by atoms with Crippen molar-refractivity contribution in [3.05, 3.63) is 24.3 Å². The van der Waals surface area contributed by atoms with Gasteiger partial charge in [-0.2, -0.15) is 0 Å². The predicted octanol–water partition coefficient (Wildman–Crippen LogP) is 1.94. The number of methoxy groups -OCH3 is 1. The summed E-state index contributed by atoms with van der Waals surface area (Å²) in [7, 11) is 1.30. The van der Waals surface area contributed by atoms with Crippen molar-refractivity contribution in [3.8, 4) is 0 Å². The van der Waals surface area contributed by atoms with Crippen molar-refractivity contribution in [1.82, 2.24) is 9.88 Å². The number of likely N-dealkylation sites (N-methyl/N-ethyl adjacent to an activating group) is 1. The fourth-order valence-corrected chi connectivity index (χ4v) is 2.47. The summed E-state index contributed by atoms with van der Waals surface area (Å²) in [5, 5.41) is 0.443. The Balaban J connectivity index is 1.94. The normalized spacial score (nSPS) is 10.6. The lowest BCUT2D eigenvalue weighted by atomic mass is 10.3. The first-order valence-electron chi connectivity index (χ1n) is 6.47. The molecule has 6 nitrogen and oxygen atoms in total. The van der Waals surface area contributed by atoms with Crippen LogP contribution in [0.2, 0.25) is 0 Å². The van der Waals surface area contributed by atoms with E-state index in [9.17, 15) is 9.59 Å². The quantitative estimate of drug-likeness (QED) is 0.600. The zero-order valence-electron chi connectivity index (χ0n) is 11.9. The molecule has 0 aliphatic heterocycles. The Bertz CT molecular complexity index is 608. The minimum Gasteiger partial charge on any atom is -0.468 e. The van der Waals surface area contributed by atoms with Gasteiger partial charge in [-0.05, 0) is 19.1 Å². The van der Waals surface area contributed by atoms with Crippen LogP contribution in [0.15, 0.2) is 33.9 Å². The Hall–Kier alpha value is -2.02. The van der Waals surface area contributed by atoms with E-state index in [0.717, 1.165) is 5.52 Å². The SMILES string of the molecule is CCN(CC(=O)OC)C(=O)CSc1nc2ccccc2o1. The van der Waals surface area contributed by atoms with E-state index in [1.54, 1.807) is 0 Å². The van der Waals surface area contributed by atoms with Crippen LogP contribution in [0.3, 0.4) is 0 Å². The number of esters is 1. The van der Waals surface area contributed by atoms with E-state index in [-0.39, 0.29) is 18.2 Å². The second-order valence-corrected chi connectivity index (χ2v) is 5.15. The molecule has 2 rings (SSSR count). The van der Waals surface area contributed by atoms with Crippen molar-refractivity contribution in [1.29, 1.82) is 0 Å². The lowest BCUT2D eigenvalue weighted by molar-refractivity contribution is -0.146. The lowest BCUT2D eigenvalue weighted by Crippen LogP contribution is -2.37. The fourth-order valence-electron chi connectivity index (χ4n) is 1.72. The molecule has 0 unspecified atom stereocenters. The van der Waals surface area contributed by atoms with E-state index in [0.29, 0.717) is 17.4 Å². The van der Waals surface area contributed by atoms with Gasteiger partial charge in [-0.1, -0.05) is 23.9 Å². The number of aromatic nitrogens is 1. The van der Waals surface area contributed by atoms with Crippen LogP contribution in [0, 0.1) is 0 Å². The van der Waals surface area contributed by atoms with Crippen LogP contribution in [0.4, 0.5) is 0 Å². The summed E-state index contributed by atoms with van der Waals surface area (Å²) < 4.78 is 10.1. The second-order valence-electron chi connectivity index (χ2n) is 4.22. The zero-order chi connectivity index (χ0) is 15.2. The van der Waals surface area contributed by atoms with E-state index in [1.165, 1.54) is 23.8 Å². The topological polar surface area (TPSA) is 72.6 Å². The molecule has 0 saturated heterocycles. The molecule has 1 amide bonds. The maximum absolute atomic E-state index is 12.0. The molecule has 0 spiro atoms. The summed E-state index contributed by atoms with van der Waals surface area (Å²) in [4.78, 5) is 29.0. The number of oxazole rings is 1. The Labute approximate surface area is 126 Å². The number of ether oxygens (including phenoxy) is 1. The molecule has 0 fully saturated rings. The van der Waals surface area contributed by atoms with Crippen LogP contribution < -0.4 is 0 Å². The highest BCUT2D eigenvalue weighted by Gasteiger charge is 2.17. The Morgan fingerprint density at radius 1 is 1.38 bits per heavy atom. The third-order valence-corrected chi connectivity index (χ3v) is 3.69. The van der Waals surface area contributed by atoms with Gasteiger partial charge in [0, 0.05) is 6.54 Å². The highest BCUT2D eigenvalue weighted by Crippen LogP contribution is 2.23. The Kier molecular flexibility index (Phi) is 5.21. The Morgan fingerprint density at radius 2 is 2.14 bits per heavy atom. The van der Waals surface area contributed by atoms with E-state index >= 15 is 0 Å². The van der Waals surface area contributed by atoms with E-state index < -0.39 is 5.97 Å². The van der Waals surface area contributed by atoms with Gasteiger partial charge >= 0.3 is 5.97 Å². The standard InChI is InChI=1S/C14H16N2O4S/c1-3-16(8-13(18)19-2)12(17)9-21-14-15-10-6-4-5-7-11(10)20-14/h4-7H,3,8-9H2,1-2H3. The maximum Gasteiger partial charge on any atom is 0.325 e. The minimum atomic E-state index is -0.433. The molecule has 0 radical (unpaired) electrons. The van der Waals surface area contributed by atoms with Crippen molar-refractivity contribution in [2.75, 3.05) is 26.0 Å². The molecular weight excluding hydrogens is 292 g/mol. The second kappa shape index (κ2) is 7.12. The summed E-state index contributed by atoms with van der Waals surface area (Å²) in [6.07, 6.45) is 0. The number of nitrogens with zero attached hydrogens (tertiary/aromatic N) is 2. The average Bonchev–Trinajstić information content (AvgIpc) is 2.92. The van der Waals surface area contributed by atoms with Crippen LogP contribution >= 0.6 is 11.8 Å². The van der Waals surface area contributed by atoms with Gasteiger partial charge in [0.1, 0.15) is 12.1 Å². The molecule has 2 aromatic rings. The number of para-hydroxylation sites is 2. The number of rotatable bonds is 6. The van der Waals surface area contributed by atoms with Crippen LogP contribution in [-0.2, 0) is 14.3 Å².